The van der Waals surface area contributed by atoms with Gasteiger partial charge in [-0.05, 0) is 31.2 Å². The lowest BCUT2D eigenvalue weighted by Crippen LogP contribution is -2.28. The summed E-state index contributed by atoms with van der Waals surface area (Å²) in [6, 6.07) is 6.21. The number of ketones is 1. The number of hydrogen-bond acceptors (Lipinski definition) is 8. The summed E-state index contributed by atoms with van der Waals surface area (Å²) in [7, 11) is -3.52. The Bertz CT molecular complexity index is 860. The zero-order chi connectivity index (χ0) is 17.9. The van der Waals surface area contributed by atoms with Gasteiger partial charge in [-0.1, -0.05) is 35.2 Å². The van der Waals surface area contributed by atoms with E-state index < -0.39 is 10.0 Å². The first-order valence-electron chi connectivity index (χ1n) is 7.75. The maximum Gasteiger partial charge on any atom is 0.243 e. The normalized spacial score (nSPS) is 15.4. The minimum Gasteiger partial charge on any atom is -0.353 e. The van der Waals surface area contributed by atoms with Crippen molar-refractivity contribution in [2.24, 2.45) is 0 Å². The molecule has 134 valence electrons. The molecule has 0 atom stereocenters. The monoisotopic (exact) mass is 398 g/mol. The van der Waals surface area contributed by atoms with E-state index in [1.807, 2.05) is 6.26 Å². The van der Waals surface area contributed by atoms with Crippen LogP contribution in [0.25, 0.3) is 0 Å². The molecule has 2 heterocycles. The van der Waals surface area contributed by atoms with E-state index in [0.717, 1.165) is 17.2 Å². The number of benzene rings is 1. The van der Waals surface area contributed by atoms with E-state index in [4.69, 9.17) is 0 Å². The van der Waals surface area contributed by atoms with Crippen molar-refractivity contribution >= 4 is 44.0 Å². The van der Waals surface area contributed by atoms with Gasteiger partial charge in [0.1, 0.15) is 0 Å². The number of carbonyl (C=O) groups excluding carboxylic acids is 1. The molecule has 0 spiro atoms. The number of Topliss-reactive ketones (excluding diaryl/α,β-unsaturated/α-hetero) is 1. The fraction of sp³-hybridized carbons (Fsp3) is 0.400. The predicted octanol–water partition coefficient (Wildman–Crippen LogP) is 2.34. The van der Waals surface area contributed by atoms with Crippen LogP contribution in [0.15, 0.2) is 33.5 Å². The van der Waals surface area contributed by atoms with Crippen molar-refractivity contribution in [3.63, 3.8) is 0 Å². The Labute approximate surface area is 154 Å². The van der Waals surface area contributed by atoms with Crippen LogP contribution >= 0.6 is 23.1 Å². The molecular formula is C15H18N4O3S3. The second-order valence-electron chi connectivity index (χ2n) is 5.49. The van der Waals surface area contributed by atoms with Crippen molar-refractivity contribution in [3.05, 3.63) is 29.8 Å². The molecule has 1 aromatic heterocycles. The van der Waals surface area contributed by atoms with Gasteiger partial charge in [-0.25, -0.2) is 8.42 Å². The van der Waals surface area contributed by atoms with Crippen molar-refractivity contribution in [3.8, 4) is 0 Å². The zero-order valence-electron chi connectivity index (χ0n) is 13.6. The van der Waals surface area contributed by atoms with E-state index in [0.29, 0.717) is 23.8 Å². The highest BCUT2D eigenvalue weighted by Crippen LogP contribution is 2.24. The van der Waals surface area contributed by atoms with Gasteiger partial charge in [0.25, 0.3) is 0 Å². The second kappa shape index (κ2) is 7.81. The Morgan fingerprint density at radius 1 is 1.32 bits per heavy atom. The molecule has 0 aliphatic carbocycles. The fourth-order valence-electron chi connectivity index (χ4n) is 2.53. The Morgan fingerprint density at radius 3 is 2.76 bits per heavy atom. The molecule has 0 bridgehead atoms. The summed E-state index contributed by atoms with van der Waals surface area (Å²) in [6.45, 7) is 1.12. The number of nitrogens with zero attached hydrogens (tertiary/aromatic N) is 3. The molecule has 1 aliphatic heterocycles. The molecule has 0 saturated carbocycles. The molecule has 0 radical (unpaired) electrons. The average Bonchev–Trinajstić information content (AvgIpc) is 3.31. The molecule has 2 aromatic rings. The van der Waals surface area contributed by atoms with Crippen LogP contribution in [0.4, 0.5) is 5.13 Å². The number of anilines is 1. The van der Waals surface area contributed by atoms with Crippen LogP contribution < -0.4 is 5.32 Å². The molecule has 3 rings (SSSR count). The standard InChI is InChI=1S/C15H18N4O3S3/c1-23-15-18-17-14(24-15)16-10-13(20)11-5-4-6-12(9-11)25(21,22)19-7-2-3-8-19/h4-6,9H,2-3,7-8,10H2,1H3,(H,16,17). The van der Waals surface area contributed by atoms with E-state index in [-0.39, 0.29) is 17.2 Å². The van der Waals surface area contributed by atoms with Gasteiger partial charge in [-0.15, -0.1) is 10.2 Å². The van der Waals surface area contributed by atoms with Crippen LogP contribution in [0.2, 0.25) is 0 Å². The molecule has 1 N–H and O–H groups in total. The summed E-state index contributed by atoms with van der Waals surface area (Å²) in [5, 5.41) is 11.4. The van der Waals surface area contributed by atoms with Crippen LogP contribution in [0.3, 0.4) is 0 Å². The van der Waals surface area contributed by atoms with Crippen molar-refractivity contribution in [1.82, 2.24) is 14.5 Å². The molecule has 25 heavy (non-hydrogen) atoms. The highest BCUT2D eigenvalue weighted by atomic mass is 32.2. The van der Waals surface area contributed by atoms with E-state index >= 15 is 0 Å². The van der Waals surface area contributed by atoms with Crippen molar-refractivity contribution in [2.45, 2.75) is 22.1 Å². The smallest absolute Gasteiger partial charge is 0.243 e. The topological polar surface area (TPSA) is 92.3 Å². The Kier molecular flexibility index (Phi) is 5.72. The van der Waals surface area contributed by atoms with E-state index in [2.05, 4.69) is 15.5 Å². The Balaban J connectivity index is 1.71. The molecular weight excluding hydrogens is 380 g/mol. The molecule has 1 aromatic carbocycles. The Morgan fingerprint density at radius 2 is 2.08 bits per heavy atom. The summed E-state index contributed by atoms with van der Waals surface area (Å²) < 4.78 is 27.5. The first-order valence-corrected chi connectivity index (χ1v) is 11.2. The second-order valence-corrected chi connectivity index (χ2v) is 9.46. The highest BCUT2D eigenvalue weighted by Gasteiger charge is 2.27. The number of thioether (sulfide) groups is 1. The van der Waals surface area contributed by atoms with Gasteiger partial charge >= 0.3 is 0 Å². The third-order valence-corrected chi connectivity index (χ3v) is 7.59. The molecule has 1 aliphatic rings. The maximum absolute atomic E-state index is 12.6. The number of sulfonamides is 1. The van der Waals surface area contributed by atoms with Crippen molar-refractivity contribution < 1.29 is 13.2 Å². The van der Waals surface area contributed by atoms with Crippen LogP contribution in [0.5, 0.6) is 0 Å². The molecule has 10 heteroatoms. The number of carbonyl (C=O) groups is 1. The van der Waals surface area contributed by atoms with Crippen LogP contribution in [0.1, 0.15) is 23.2 Å². The van der Waals surface area contributed by atoms with Gasteiger partial charge < -0.3 is 5.32 Å². The first-order chi connectivity index (χ1) is 12.0. The molecule has 0 unspecified atom stereocenters. The zero-order valence-corrected chi connectivity index (χ0v) is 16.1. The van der Waals surface area contributed by atoms with Crippen molar-refractivity contribution in [2.75, 3.05) is 31.2 Å². The van der Waals surface area contributed by atoms with Crippen LogP contribution in [0, 0.1) is 0 Å². The number of hydrogen-bond donors (Lipinski definition) is 1. The maximum atomic E-state index is 12.6. The lowest BCUT2D eigenvalue weighted by atomic mass is 10.1. The highest BCUT2D eigenvalue weighted by molar-refractivity contribution is 8.00. The third-order valence-electron chi connectivity index (χ3n) is 3.84. The lowest BCUT2D eigenvalue weighted by molar-refractivity contribution is 0.101. The van der Waals surface area contributed by atoms with Crippen LogP contribution in [-0.4, -0.2) is 54.6 Å². The summed E-state index contributed by atoms with van der Waals surface area (Å²) in [5.74, 6) is -0.195. The van der Waals surface area contributed by atoms with Crippen LogP contribution in [-0.2, 0) is 10.0 Å². The van der Waals surface area contributed by atoms with E-state index in [1.165, 1.54) is 39.5 Å². The molecule has 1 fully saturated rings. The molecule has 1 saturated heterocycles. The van der Waals surface area contributed by atoms with E-state index in [1.54, 1.807) is 12.1 Å². The predicted molar refractivity (Wildman–Crippen MR) is 98.9 cm³/mol. The SMILES string of the molecule is CSc1nnc(NCC(=O)c2cccc(S(=O)(=O)N3CCCC3)c2)s1. The minimum absolute atomic E-state index is 0.0379. The number of aromatic nitrogens is 2. The molecule has 0 amide bonds. The first kappa shape index (κ1) is 18.3. The third kappa shape index (κ3) is 4.20. The van der Waals surface area contributed by atoms with Gasteiger partial charge in [-0.3, -0.25) is 4.79 Å². The lowest BCUT2D eigenvalue weighted by Gasteiger charge is -2.15. The number of rotatable bonds is 7. The molecule has 7 nitrogen and oxygen atoms in total. The number of nitrogens with one attached hydrogen (secondary N) is 1. The van der Waals surface area contributed by atoms with Crippen molar-refractivity contribution in [1.29, 1.82) is 0 Å². The van der Waals surface area contributed by atoms with Gasteiger partial charge in [0.15, 0.2) is 10.1 Å². The summed E-state index contributed by atoms with van der Waals surface area (Å²) >= 11 is 2.85. The van der Waals surface area contributed by atoms with Gasteiger partial charge in [0.2, 0.25) is 15.2 Å². The summed E-state index contributed by atoms with van der Waals surface area (Å²) in [5.41, 5.74) is 0.363. The Hall–Kier alpha value is -1.49. The van der Waals surface area contributed by atoms with Gasteiger partial charge in [0, 0.05) is 18.7 Å². The van der Waals surface area contributed by atoms with Gasteiger partial charge in [0.05, 0.1) is 11.4 Å². The summed E-state index contributed by atoms with van der Waals surface area (Å²) in [6.07, 6.45) is 3.66. The summed E-state index contributed by atoms with van der Waals surface area (Å²) in [4.78, 5) is 12.5. The fourth-order valence-corrected chi connectivity index (χ4v) is 5.26. The largest absolute Gasteiger partial charge is 0.353 e. The quantitative estimate of drug-likeness (QED) is 0.565. The van der Waals surface area contributed by atoms with E-state index in [9.17, 15) is 13.2 Å². The minimum atomic E-state index is -3.52. The average molecular weight is 399 g/mol. The van der Waals surface area contributed by atoms with Gasteiger partial charge in [-0.2, -0.15) is 4.31 Å².